The third-order valence-electron chi connectivity index (χ3n) is 3.58. The fourth-order valence-electron chi connectivity index (χ4n) is 2.19. The number of rotatable bonds is 6. The summed E-state index contributed by atoms with van der Waals surface area (Å²) in [7, 11) is 1.51. The van der Waals surface area contributed by atoms with Gasteiger partial charge in [0.1, 0.15) is 11.6 Å². The number of aromatic nitrogens is 2. The summed E-state index contributed by atoms with van der Waals surface area (Å²) in [6.07, 6.45) is 0. The van der Waals surface area contributed by atoms with E-state index in [9.17, 15) is 9.18 Å². The van der Waals surface area contributed by atoms with E-state index in [2.05, 4.69) is 15.5 Å². The van der Waals surface area contributed by atoms with Crippen molar-refractivity contribution in [2.24, 2.45) is 0 Å². The maximum Gasteiger partial charge on any atom is 0.277 e. The second-order valence-corrected chi connectivity index (χ2v) is 7.15. The van der Waals surface area contributed by atoms with E-state index in [0.29, 0.717) is 16.5 Å². The van der Waals surface area contributed by atoms with Gasteiger partial charge >= 0.3 is 0 Å². The lowest BCUT2D eigenvalue weighted by Gasteiger charge is -2.11. The number of methoxy groups -OCH3 is 1. The fraction of sp³-hybridized carbons (Fsp3) is 0.167. The molecule has 0 unspecified atom stereocenters. The molecule has 0 aliphatic carbocycles. The van der Waals surface area contributed by atoms with Crippen LogP contribution >= 0.6 is 23.4 Å². The predicted octanol–water partition coefficient (Wildman–Crippen LogP) is 4.66. The number of carbonyl (C=O) groups excluding carboxylic acids is 1. The van der Waals surface area contributed by atoms with Crippen molar-refractivity contribution in [1.29, 1.82) is 0 Å². The van der Waals surface area contributed by atoms with Crippen LogP contribution in [-0.4, -0.2) is 28.5 Å². The van der Waals surface area contributed by atoms with Gasteiger partial charge in [-0.2, -0.15) is 0 Å². The van der Waals surface area contributed by atoms with Crippen molar-refractivity contribution in [1.82, 2.24) is 10.2 Å². The van der Waals surface area contributed by atoms with Crippen molar-refractivity contribution in [2.75, 3.05) is 12.4 Å². The molecule has 0 aliphatic heterocycles. The fourth-order valence-corrected chi connectivity index (χ4v) is 3.13. The van der Waals surface area contributed by atoms with Gasteiger partial charge in [0.15, 0.2) is 0 Å². The van der Waals surface area contributed by atoms with Crippen molar-refractivity contribution in [3.63, 3.8) is 0 Å². The first kappa shape index (κ1) is 19.2. The van der Waals surface area contributed by atoms with Crippen LogP contribution in [0.15, 0.2) is 52.1 Å². The van der Waals surface area contributed by atoms with Crippen LogP contribution in [0.25, 0.3) is 11.5 Å². The number of anilines is 1. The van der Waals surface area contributed by atoms with Crippen LogP contribution in [0.3, 0.4) is 0 Å². The van der Waals surface area contributed by atoms with Gasteiger partial charge in [0.05, 0.1) is 22.9 Å². The van der Waals surface area contributed by atoms with Gasteiger partial charge in [-0.15, -0.1) is 10.2 Å². The number of halogens is 2. The molecule has 1 atom stereocenters. The van der Waals surface area contributed by atoms with Crippen molar-refractivity contribution in [3.05, 3.63) is 53.3 Å². The highest BCUT2D eigenvalue weighted by Gasteiger charge is 2.20. The first-order valence-corrected chi connectivity index (χ1v) is 9.13. The standard InChI is InChI=1S/C18H15ClFN3O3S/c1-10(16(24)21-11-7-8-15(25-2)13(19)9-11)27-18-23-22-17(26-18)12-5-3-4-6-14(12)20/h3-10H,1-2H3,(H,21,24)/t10-/m1/s1. The molecule has 3 rings (SSSR count). The second-order valence-electron chi connectivity index (χ2n) is 5.45. The topological polar surface area (TPSA) is 77.2 Å². The van der Waals surface area contributed by atoms with Crippen LogP contribution in [0.4, 0.5) is 10.1 Å². The third kappa shape index (κ3) is 4.58. The molecule has 1 aromatic heterocycles. The van der Waals surface area contributed by atoms with E-state index in [1.165, 1.54) is 13.2 Å². The smallest absolute Gasteiger partial charge is 0.277 e. The molecule has 0 saturated heterocycles. The van der Waals surface area contributed by atoms with Crippen molar-refractivity contribution in [2.45, 2.75) is 17.4 Å². The number of ether oxygens (including phenoxy) is 1. The van der Waals surface area contributed by atoms with Gasteiger partial charge in [0.2, 0.25) is 5.91 Å². The number of amides is 1. The number of hydrogen-bond donors (Lipinski definition) is 1. The zero-order chi connectivity index (χ0) is 19.4. The Morgan fingerprint density at radius 3 is 2.78 bits per heavy atom. The van der Waals surface area contributed by atoms with Crippen LogP contribution < -0.4 is 10.1 Å². The molecule has 0 radical (unpaired) electrons. The summed E-state index contributed by atoms with van der Waals surface area (Å²) in [4.78, 5) is 12.4. The van der Waals surface area contributed by atoms with Gasteiger partial charge in [-0.1, -0.05) is 35.5 Å². The molecule has 140 valence electrons. The number of carbonyl (C=O) groups is 1. The Hall–Kier alpha value is -2.58. The minimum Gasteiger partial charge on any atom is -0.495 e. The first-order valence-electron chi connectivity index (χ1n) is 7.87. The zero-order valence-corrected chi connectivity index (χ0v) is 16.0. The molecule has 0 spiro atoms. The maximum atomic E-state index is 13.8. The molecule has 1 N–H and O–H groups in total. The molecular formula is C18H15ClFN3O3S. The minimum atomic E-state index is -0.528. The van der Waals surface area contributed by atoms with Gasteiger partial charge in [0.25, 0.3) is 11.1 Å². The lowest BCUT2D eigenvalue weighted by molar-refractivity contribution is -0.115. The SMILES string of the molecule is COc1ccc(NC(=O)[C@@H](C)Sc2nnc(-c3ccccc3F)o2)cc1Cl. The van der Waals surface area contributed by atoms with Crippen LogP contribution in [-0.2, 0) is 4.79 Å². The normalized spacial score (nSPS) is 11.9. The Morgan fingerprint density at radius 1 is 1.30 bits per heavy atom. The molecule has 6 nitrogen and oxygen atoms in total. The first-order chi connectivity index (χ1) is 13.0. The summed E-state index contributed by atoms with van der Waals surface area (Å²) in [6.45, 7) is 1.69. The number of thioether (sulfide) groups is 1. The Kier molecular flexibility index (Phi) is 5.98. The molecule has 0 saturated carbocycles. The molecule has 1 amide bonds. The third-order valence-corrected chi connectivity index (χ3v) is 4.81. The van der Waals surface area contributed by atoms with Crippen LogP contribution in [0.2, 0.25) is 5.02 Å². The van der Waals surface area contributed by atoms with Gasteiger partial charge in [-0.25, -0.2) is 4.39 Å². The average molecular weight is 408 g/mol. The Morgan fingerprint density at radius 2 is 2.07 bits per heavy atom. The molecule has 3 aromatic rings. The lowest BCUT2D eigenvalue weighted by Crippen LogP contribution is -2.22. The highest BCUT2D eigenvalue weighted by Crippen LogP contribution is 2.30. The van der Waals surface area contributed by atoms with Gasteiger partial charge < -0.3 is 14.5 Å². The van der Waals surface area contributed by atoms with Crippen molar-refractivity contribution >= 4 is 35.0 Å². The number of nitrogens with zero attached hydrogens (tertiary/aromatic N) is 2. The Labute approximate surface area is 164 Å². The molecule has 2 aromatic carbocycles. The quantitative estimate of drug-likeness (QED) is 0.599. The van der Waals surface area contributed by atoms with E-state index < -0.39 is 11.1 Å². The van der Waals surface area contributed by atoms with Gasteiger partial charge in [-0.05, 0) is 37.3 Å². The molecule has 0 bridgehead atoms. The number of nitrogens with one attached hydrogen (secondary N) is 1. The number of benzene rings is 2. The molecule has 9 heteroatoms. The summed E-state index contributed by atoms with van der Waals surface area (Å²) in [6, 6.07) is 11.0. The average Bonchev–Trinajstić information content (AvgIpc) is 3.10. The summed E-state index contributed by atoms with van der Waals surface area (Å²) in [5.41, 5.74) is 0.748. The highest BCUT2D eigenvalue weighted by molar-refractivity contribution is 8.00. The van der Waals surface area contributed by atoms with Crippen LogP contribution in [0.1, 0.15) is 6.92 Å². The zero-order valence-electron chi connectivity index (χ0n) is 14.4. The summed E-state index contributed by atoms with van der Waals surface area (Å²) in [5.74, 6) is -0.152. The summed E-state index contributed by atoms with van der Waals surface area (Å²) in [5, 5.41) is 10.5. The molecule has 0 fully saturated rings. The lowest BCUT2D eigenvalue weighted by atomic mass is 10.2. The van der Waals surface area contributed by atoms with Gasteiger partial charge in [-0.3, -0.25) is 4.79 Å². The molecule has 27 heavy (non-hydrogen) atoms. The Bertz CT molecular complexity index is 967. The van der Waals surface area contributed by atoms with Gasteiger partial charge in [0, 0.05) is 5.69 Å². The molecule has 0 aliphatic rings. The monoisotopic (exact) mass is 407 g/mol. The van der Waals surface area contributed by atoms with E-state index in [1.807, 2.05) is 0 Å². The maximum absolute atomic E-state index is 13.8. The van der Waals surface area contributed by atoms with Crippen LogP contribution in [0, 0.1) is 5.82 Å². The largest absolute Gasteiger partial charge is 0.495 e. The van der Waals surface area contributed by atoms with Crippen LogP contribution in [0.5, 0.6) is 5.75 Å². The van der Waals surface area contributed by atoms with Crippen molar-refractivity contribution in [3.8, 4) is 17.2 Å². The Balaban J connectivity index is 1.65. The summed E-state index contributed by atoms with van der Waals surface area (Å²) < 4.78 is 24.3. The van der Waals surface area contributed by atoms with E-state index in [-0.39, 0.29) is 22.6 Å². The second kappa shape index (κ2) is 8.41. The number of hydrogen-bond acceptors (Lipinski definition) is 6. The highest BCUT2D eigenvalue weighted by atomic mass is 35.5. The van der Waals surface area contributed by atoms with E-state index in [1.54, 1.807) is 43.3 Å². The summed E-state index contributed by atoms with van der Waals surface area (Å²) >= 11 is 7.12. The predicted molar refractivity (Wildman–Crippen MR) is 102 cm³/mol. The molecule has 1 heterocycles. The minimum absolute atomic E-state index is 0.0603. The van der Waals surface area contributed by atoms with E-state index in [0.717, 1.165) is 11.8 Å². The van der Waals surface area contributed by atoms with E-state index >= 15 is 0 Å². The van der Waals surface area contributed by atoms with Crippen molar-refractivity contribution < 1.29 is 18.3 Å². The van der Waals surface area contributed by atoms with E-state index in [4.69, 9.17) is 20.8 Å². The molecular weight excluding hydrogens is 393 g/mol.